The fraction of sp³-hybridized carbons (Fsp3) is 0.692. The minimum atomic E-state index is 0.0567. The number of carbonyl (C=O) groups excluding carboxylic acids is 1. The molecule has 0 bridgehead atoms. The first-order valence-corrected chi connectivity index (χ1v) is 6.81. The molecule has 18 heavy (non-hydrogen) atoms. The largest absolute Gasteiger partial charge is 0.335 e. The predicted octanol–water partition coefficient (Wildman–Crippen LogP) is 1.29. The van der Waals surface area contributed by atoms with Crippen molar-refractivity contribution in [1.29, 1.82) is 0 Å². The lowest BCUT2D eigenvalue weighted by atomic mass is 10.2. The third kappa shape index (κ3) is 2.72. The Balaban J connectivity index is 2.06. The molecule has 1 aliphatic rings. The van der Waals surface area contributed by atoms with E-state index in [1.165, 1.54) is 0 Å². The van der Waals surface area contributed by atoms with Crippen LogP contribution in [-0.4, -0.2) is 46.8 Å². The van der Waals surface area contributed by atoms with Crippen molar-refractivity contribution in [2.24, 2.45) is 0 Å². The van der Waals surface area contributed by atoms with Crippen LogP contribution in [0, 0.1) is 0 Å². The summed E-state index contributed by atoms with van der Waals surface area (Å²) in [6.07, 6.45) is 4.01. The van der Waals surface area contributed by atoms with Crippen molar-refractivity contribution >= 4 is 5.91 Å². The summed E-state index contributed by atoms with van der Waals surface area (Å²) in [6.45, 7) is 7.59. The van der Waals surface area contributed by atoms with Crippen molar-refractivity contribution in [2.75, 3.05) is 26.2 Å². The molecule has 1 fully saturated rings. The highest BCUT2D eigenvalue weighted by atomic mass is 16.2. The fourth-order valence-electron chi connectivity index (χ4n) is 2.35. The minimum Gasteiger partial charge on any atom is -0.335 e. The number of aromatic nitrogens is 2. The summed E-state index contributed by atoms with van der Waals surface area (Å²) < 4.78 is 1.93. The van der Waals surface area contributed by atoms with Gasteiger partial charge in [0.15, 0.2) is 0 Å². The molecule has 0 aromatic carbocycles. The molecule has 0 spiro atoms. The van der Waals surface area contributed by atoms with E-state index in [4.69, 9.17) is 0 Å². The third-order valence-electron chi connectivity index (χ3n) is 3.55. The summed E-state index contributed by atoms with van der Waals surface area (Å²) in [5.74, 6) is 0.0567. The standard InChI is InChI=1S/C13H22N4O/c1-3-11(4-2)17-8-5-12(15-17)13(18)16-9-6-14-7-10-16/h5,8,11,14H,3-4,6-7,9-10H2,1-2H3. The first-order valence-electron chi connectivity index (χ1n) is 6.81. The van der Waals surface area contributed by atoms with Gasteiger partial charge in [-0.05, 0) is 18.9 Å². The molecule has 1 saturated heterocycles. The summed E-state index contributed by atoms with van der Waals surface area (Å²) in [5.41, 5.74) is 0.573. The van der Waals surface area contributed by atoms with Crippen LogP contribution in [0.15, 0.2) is 12.3 Å². The molecule has 1 aromatic rings. The Morgan fingerprint density at radius 3 is 2.67 bits per heavy atom. The van der Waals surface area contributed by atoms with E-state index in [9.17, 15) is 4.79 Å². The first-order chi connectivity index (χ1) is 8.76. The van der Waals surface area contributed by atoms with Gasteiger partial charge in [-0.1, -0.05) is 13.8 Å². The Morgan fingerprint density at radius 2 is 2.06 bits per heavy atom. The van der Waals surface area contributed by atoms with Crippen molar-refractivity contribution in [2.45, 2.75) is 32.7 Å². The highest BCUT2D eigenvalue weighted by molar-refractivity contribution is 5.92. The zero-order valence-corrected chi connectivity index (χ0v) is 11.2. The van der Waals surface area contributed by atoms with Gasteiger partial charge >= 0.3 is 0 Å². The number of hydrogen-bond acceptors (Lipinski definition) is 3. The number of amides is 1. The lowest BCUT2D eigenvalue weighted by Crippen LogP contribution is -2.46. The molecule has 1 amide bonds. The summed E-state index contributed by atoms with van der Waals surface area (Å²) in [7, 11) is 0. The van der Waals surface area contributed by atoms with E-state index >= 15 is 0 Å². The van der Waals surface area contributed by atoms with Gasteiger partial charge in [0, 0.05) is 32.4 Å². The number of nitrogens with one attached hydrogen (secondary N) is 1. The number of rotatable bonds is 4. The molecule has 100 valence electrons. The molecule has 1 aromatic heterocycles. The Kier molecular flexibility index (Phi) is 4.36. The van der Waals surface area contributed by atoms with Gasteiger partial charge in [0.2, 0.25) is 0 Å². The van der Waals surface area contributed by atoms with Gasteiger partial charge in [0.1, 0.15) is 5.69 Å². The van der Waals surface area contributed by atoms with Crippen LogP contribution in [-0.2, 0) is 0 Å². The number of nitrogens with zero attached hydrogens (tertiary/aromatic N) is 3. The zero-order valence-electron chi connectivity index (χ0n) is 11.2. The summed E-state index contributed by atoms with van der Waals surface area (Å²) in [6, 6.07) is 2.23. The van der Waals surface area contributed by atoms with E-state index in [1.807, 2.05) is 21.8 Å². The van der Waals surface area contributed by atoms with Crippen LogP contribution < -0.4 is 5.32 Å². The van der Waals surface area contributed by atoms with E-state index in [1.54, 1.807) is 0 Å². The Hall–Kier alpha value is -1.36. The summed E-state index contributed by atoms with van der Waals surface area (Å²) in [5, 5.41) is 7.68. The van der Waals surface area contributed by atoms with Gasteiger partial charge in [0.05, 0.1) is 6.04 Å². The third-order valence-corrected chi connectivity index (χ3v) is 3.55. The van der Waals surface area contributed by atoms with E-state index in [0.29, 0.717) is 11.7 Å². The zero-order chi connectivity index (χ0) is 13.0. The maximum Gasteiger partial charge on any atom is 0.274 e. The average molecular weight is 250 g/mol. The Labute approximate surface area is 108 Å². The molecule has 2 rings (SSSR count). The number of hydrogen-bond donors (Lipinski definition) is 1. The van der Waals surface area contributed by atoms with Crippen LogP contribution in [0.2, 0.25) is 0 Å². The van der Waals surface area contributed by atoms with Crippen LogP contribution in [0.25, 0.3) is 0 Å². The molecule has 0 aliphatic carbocycles. The Morgan fingerprint density at radius 1 is 1.39 bits per heavy atom. The normalized spacial score (nSPS) is 16.3. The van der Waals surface area contributed by atoms with Crippen molar-refractivity contribution in [3.05, 3.63) is 18.0 Å². The fourth-order valence-corrected chi connectivity index (χ4v) is 2.35. The second-order valence-electron chi connectivity index (χ2n) is 4.69. The monoisotopic (exact) mass is 250 g/mol. The molecule has 5 heteroatoms. The highest BCUT2D eigenvalue weighted by Crippen LogP contribution is 2.15. The van der Waals surface area contributed by atoms with E-state index in [0.717, 1.165) is 39.0 Å². The maximum atomic E-state index is 12.2. The van der Waals surface area contributed by atoms with Gasteiger partial charge < -0.3 is 10.2 Å². The molecule has 0 unspecified atom stereocenters. The molecule has 0 atom stereocenters. The van der Waals surface area contributed by atoms with E-state index in [2.05, 4.69) is 24.3 Å². The smallest absolute Gasteiger partial charge is 0.274 e. The molecule has 1 aliphatic heterocycles. The van der Waals surface area contributed by atoms with Crippen LogP contribution in [0.5, 0.6) is 0 Å². The lowest BCUT2D eigenvalue weighted by molar-refractivity contribution is 0.0728. The lowest BCUT2D eigenvalue weighted by Gasteiger charge is -2.26. The molecule has 0 radical (unpaired) electrons. The van der Waals surface area contributed by atoms with Gasteiger partial charge in [-0.2, -0.15) is 5.10 Å². The molecular formula is C13H22N4O. The van der Waals surface area contributed by atoms with Gasteiger partial charge in [-0.3, -0.25) is 9.48 Å². The van der Waals surface area contributed by atoms with Crippen LogP contribution >= 0.6 is 0 Å². The van der Waals surface area contributed by atoms with Crippen LogP contribution in [0.1, 0.15) is 43.2 Å². The SMILES string of the molecule is CCC(CC)n1ccc(C(=O)N2CCNCC2)n1. The minimum absolute atomic E-state index is 0.0567. The quantitative estimate of drug-likeness (QED) is 0.876. The molecule has 5 nitrogen and oxygen atoms in total. The summed E-state index contributed by atoms with van der Waals surface area (Å²) in [4.78, 5) is 14.1. The van der Waals surface area contributed by atoms with E-state index in [-0.39, 0.29) is 5.91 Å². The number of carbonyl (C=O) groups is 1. The summed E-state index contributed by atoms with van der Waals surface area (Å²) >= 11 is 0. The molecule has 2 heterocycles. The number of piperazine rings is 1. The van der Waals surface area contributed by atoms with Crippen molar-refractivity contribution < 1.29 is 4.79 Å². The second kappa shape index (κ2) is 6.00. The van der Waals surface area contributed by atoms with Crippen molar-refractivity contribution in [1.82, 2.24) is 20.0 Å². The molecular weight excluding hydrogens is 228 g/mol. The van der Waals surface area contributed by atoms with Gasteiger partial charge in [0.25, 0.3) is 5.91 Å². The second-order valence-corrected chi connectivity index (χ2v) is 4.69. The average Bonchev–Trinajstić information content (AvgIpc) is 2.90. The van der Waals surface area contributed by atoms with Gasteiger partial charge in [-0.25, -0.2) is 0 Å². The predicted molar refractivity (Wildman–Crippen MR) is 70.6 cm³/mol. The maximum absolute atomic E-state index is 12.2. The first kappa shape index (κ1) is 13.1. The van der Waals surface area contributed by atoms with Crippen molar-refractivity contribution in [3.63, 3.8) is 0 Å². The van der Waals surface area contributed by atoms with Crippen LogP contribution in [0.3, 0.4) is 0 Å². The van der Waals surface area contributed by atoms with Crippen LogP contribution in [0.4, 0.5) is 0 Å². The topological polar surface area (TPSA) is 50.2 Å². The molecule has 1 N–H and O–H groups in total. The van der Waals surface area contributed by atoms with E-state index < -0.39 is 0 Å². The van der Waals surface area contributed by atoms with Crippen molar-refractivity contribution in [3.8, 4) is 0 Å². The highest BCUT2D eigenvalue weighted by Gasteiger charge is 2.20. The Bertz CT molecular complexity index is 391. The van der Waals surface area contributed by atoms with Gasteiger partial charge in [-0.15, -0.1) is 0 Å². The molecule has 0 saturated carbocycles.